The monoisotopic (exact) mass is 336 g/mol. The van der Waals surface area contributed by atoms with Crippen molar-refractivity contribution < 1.29 is 35.4 Å². The number of phenolic OH excluding ortho intramolecular Hbond substituents is 5. The molecule has 0 unspecified atom stereocenters. The van der Waals surface area contributed by atoms with Gasteiger partial charge in [-0.15, -0.1) is 0 Å². The van der Waals surface area contributed by atoms with Crippen LogP contribution in [-0.4, -0.2) is 36.6 Å². The van der Waals surface area contributed by atoms with E-state index in [1.54, 1.807) is 6.07 Å². The zero-order valence-electron chi connectivity index (χ0n) is 13.5. The highest BCUT2D eigenvalue weighted by Gasteiger charge is 2.18. The number of phenols is 5. The second-order valence-corrected chi connectivity index (χ2v) is 6.12. The van der Waals surface area contributed by atoms with E-state index in [1.165, 1.54) is 12.1 Å². The molecule has 0 aromatic heterocycles. The fourth-order valence-electron chi connectivity index (χ4n) is 1.85. The van der Waals surface area contributed by atoms with E-state index in [0.29, 0.717) is 0 Å². The van der Waals surface area contributed by atoms with Crippen LogP contribution in [0.4, 0.5) is 0 Å². The highest BCUT2D eigenvalue weighted by Crippen LogP contribution is 2.35. The fourth-order valence-corrected chi connectivity index (χ4v) is 1.85. The minimum Gasteiger partial charge on any atom is -0.508 e. The number of rotatable bonds is 1. The van der Waals surface area contributed by atoms with Gasteiger partial charge >= 0.3 is 5.97 Å². The molecular weight excluding hydrogens is 316 g/mol. The highest BCUT2D eigenvalue weighted by molar-refractivity contribution is 5.89. The Morgan fingerprint density at radius 1 is 0.833 bits per heavy atom. The van der Waals surface area contributed by atoms with Crippen molar-refractivity contribution in [1.29, 1.82) is 0 Å². The lowest BCUT2D eigenvalue weighted by Crippen LogP contribution is -2.10. The molecule has 0 aliphatic carbocycles. The van der Waals surface area contributed by atoms with Crippen LogP contribution in [0, 0.1) is 0 Å². The summed E-state index contributed by atoms with van der Waals surface area (Å²) in [6, 6.07) is 6.27. The largest absolute Gasteiger partial charge is 0.508 e. The molecule has 0 aliphatic rings. The molecule has 6 N–H and O–H groups in total. The van der Waals surface area contributed by atoms with Crippen LogP contribution in [0.15, 0.2) is 30.3 Å². The van der Waals surface area contributed by atoms with Gasteiger partial charge in [0.2, 0.25) is 0 Å². The maximum absolute atomic E-state index is 10.3. The topological polar surface area (TPSA) is 138 Å². The van der Waals surface area contributed by atoms with Gasteiger partial charge in [-0.25, -0.2) is 4.79 Å². The summed E-state index contributed by atoms with van der Waals surface area (Å²) >= 11 is 0. The molecule has 7 nitrogen and oxygen atoms in total. The van der Waals surface area contributed by atoms with Crippen LogP contribution >= 0.6 is 0 Å². The second kappa shape index (κ2) is 6.99. The summed E-state index contributed by atoms with van der Waals surface area (Å²) in [6.07, 6.45) is 0. The molecule has 0 heterocycles. The molecule has 0 atom stereocenters. The average molecular weight is 336 g/mol. The minimum absolute atomic E-state index is 0.136. The molecule has 2 aromatic rings. The quantitative estimate of drug-likeness (QED) is 0.348. The summed E-state index contributed by atoms with van der Waals surface area (Å²) in [7, 11) is 0. The molecule has 0 amide bonds. The number of aromatic carboxylic acids is 1. The van der Waals surface area contributed by atoms with Gasteiger partial charge in [-0.3, -0.25) is 0 Å². The van der Waals surface area contributed by atoms with E-state index in [1.807, 2.05) is 20.8 Å². The molecule has 130 valence electrons. The van der Waals surface area contributed by atoms with E-state index in [4.69, 9.17) is 20.4 Å². The maximum atomic E-state index is 10.3. The predicted molar refractivity (Wildman–Crippen MR) is 86.9 cm³/mol. The van der Waals surface area contributed by atoms with E-state index in [9.17, 15) is 15.0 Å². The summed E-state index contributed by atoms with van der Waals surface area (Å²) in [5, 5.41) is 53.6. The first-order valence-electron chi connectivity index (χ1n) is 6.94. The van der Waals surface area contributed by atoms with Gasteiger partial charge in [0, 0.05) is 5.56 Å². The summed E-state index contributed by atoms with van der Waals surface area (Å²) in [6.45, 7) is 5.96. The first-order valence-corrected chi connectivity index (χ1v) is 6.94. The minimum atomic E-state index is -1.29. The molecular formula is C17H20O7. The van der Waals surface area contributed by atoms with Crippen LogP contribution < -0.4 is 0 Å². The number of hydrogen-bond donors (Lipinski definition) is 6. The van der Waals surface area contributed by atoms with E-state index in [0.717, 1.165) is 17.7 Å². The van der Waals surface area contributed by atoms with Crippen LogP contribution in [0.1, 0.15) is 36.7 Å². The van der Waals surface area contributed by atoms with Crippen molar-refractivity contribution in [1.82, 2.24) is 0 Å². The van der Waals surface area contributed by atoms with Crippen molar-refractivity contribution in [3.63, 3.8) is 0 Å². The number of carboxylic acid groups (broad SMARTS) is 1. The van der Waals surface area contributed by atoms with E-state index in [-0.39, 0.29) is 22.5 Å². The standard InChI is InChI=1S/C10H14O2.C7H6O5/c1-10(2,3)8-6-7(11)4-5-9(8)12;8-4-1-3(7(11)12)2-5(9)6(4)10/h4-6,11-12H,1-3H3;1-2,8-10H,(H,11,12). The number of carboxylic acids is 1. The van der Waals surface area contributed by atoms with Gasteiger partial charge in [-0.2, -0.15) is 0 Å². The number of carbonyl (C=O) groups is 1. The Kier molecular flexibility index (Phi) is 5.52. The predicted octanol–water partition coefficient (Wildman–Crippen LogP) is 2.90. The lowest BCUT2D eigenvalue weighted by atomic mass is 9.86. The van der Waals surface area contributed by atoms with Gasteiger partial charge in [0.1, 0.15) is 11.5 Å². The van der Waals surface area contributed by atoms with Crippen molar-refractivity contribution in [3.8, 4) is 28.7 Å². The SMILES string of the molecule is CC(C)(C)c1cc(O)ccc1O.O=C(O)c1cc(O)c(O)c(O)c1. The fraction of sp³-hybridized carbons (Fsp3) is 0.235. The zero-order chi connectivity index (χ0) is 18.7. The van der Waals surface area contributed by atoms with E-state index in [2.05, 4.69) is 0 Å². The van der Waals surface area contributed by atoms with E-state index < -0.39 is 23.2 Å². The summed E-state index contributed by atoms with van der Waals surface area (Å²) in [5.74, 6) is -2.90. The molecule has 0 spiro atoms. The van der Waals surface area contributed by atoms with Crippen molar-refractivity contribution >= 4 is 5.97 Å². The van der Waals surface area contributed by atoms with Gasteiger partial charge in [0.25, 0.3) is 0 Å². The Balaban J connectivity index is 0.000000240. The zero-order valence-corrected chi connectivity index (χ0v) is 13.5. The average Bonchev–Trinajstić information content (AvgIpc) is 2.46. The first-order chi connectivity index (χ1) is 10.9. The highest BCUT2D eigenvalue weighted by atomic mass is 16.4. The third-order valence-electron chi connectivity index (χ3n) is 3.10. The number of hydrogen-bond acceptors (Lipinski definition) is 6. The molecule has 0 bridgehead atoms. The van der Waals surface area contributed by atoms with Crippen LogP contribution in [0.3, 0.4) is 0 Å². The maximum Gasteiger partial charge on any atom is 0.335 e. The third kappa shape index (κ3) is 4.70. The molecule has 0 fully saturated rings. The van der Waals surface area contributed by atoms with E-state index >= 15 is 0 Å². The Morgan fingerprint density at radius 3 is 1.71 bits per heavy atom. The van der Waals surface area contributed by atoms with Gasteiger partial charge < -0.3 is 30.6 Å². The van der Waals surface area contributed by atoms with Crippen LogP contribution in [0.2, 0.25) is 0 Å². The van der Waals surface area contributed by atoms with Gasteiger partial charge in [0.15, 0.2) is 17.2 Å². The Hall–Kier alpha value is -3.09. The molecule has 0 radical (unpaired) electrons. The Morgan fingerprint density at radius 2 is 1.33 bits per heavy atom. The third-order valence-corrected chi connectivity index (χ3v) is 3.10. The number of aromatic hydroxyl groups is 5. The molecule has 0 saturated heterocycles. The molecule has 0 aliphatic heterocycles. The van der Waals surface area contributed by atoms with Gasteiger partial charge in [0.05, 0.1) is 5.56 Å². The smallest absolute Gasteiger partial charge is 0.335 e. The van der Waals surface area contributed by atoms with Crippen LogP contribution in [-0.2, 0) is 5.41 Å². The Bertz CT molecular complexity index is 722. The van der Waals surface area contributed by atoms with Crippen LogP contribution in [0.25, 0.3) is 0 Å². The molecule has 0 saturated carbocycles. The number of benzene rings is 2. The lowest BCUT2D eigenvalue weighted by molar-refractivity contribution is 0.0696. The molecule has 24 heavy (non-hydrogen) atoms. The van der Waals surface area contributed by atoms with Crippen molar-refractivity contribution in [2.24, 2.45) is 0 Å². The summed E-state index contributed by atoms with van der Waals surface area (Å²) in [4.78, 5) is 10.3. The van der Waals surface area contributed by atoms with Gasteiger partial charge in [-0.05, 0) is 35.7 Å². The first kappa shape index (κ1) is 19.0. The molecule has 2 aromatic carbocycles. The Labute approximate surface area is 138 Å². The summed E-state index contributed by atoms with van der Waals surface area (Å²) in [5.41, 5.74) is 0.341. The van der Waals surface area contributed by atoms with Crippen molar-refractivity contribution in [2.75, 3.05) is 0 Å². The normalized spacial score (nSPS) is 10.6. The van der Waals surface area contributed by atoms with Gasteiger partial charge in [-0.1, -0.05) is 20.8 Å². The van der Waals surface area contributed by atoms with Crippen molar-refractivity contribution in [2.45, 2.75) is 26.2 Å². The summed E-state index contributed by atoms with van der Waals surface area (Å²) < 4.78 is 0. The molecule has 7 heteroatoms. The second-order valence-electron chi connectivity index (χ2n) is 6.12. The molecule has 2 rings (SSSR count). The van der Waals surface area contributed by atoms with Crippen molar-refractivity contribution in [3.05, 3.63) is 41.5 Å². The lowest BCUT2D eigenvalue weighted by Gasteiger charge is -2.20. The van der Waals surface area contributed by atoms with Crippen LogP contribution in [0.5, 0.6) is 28.7 Å².